The number of aromatic amines is 1. The van der Waals surface area contributed by atoms with Gasteiger partial charge in [-0.3, -0.25) is 19.8 Å². The minimum atomic E-state index is -0.0886. The highest BCUT2D eigenvalue weighted by molar-refractivity contribution is 5.92. The molecule has 3 aromatic rings. The average molecular weight is 335 g/mol. The van der Waals surface area contributed by atoms with Gasteiger partial charge in [-0.2, -0.15) is 5.10 Å². The first-order valence-corrected chi connectivity index (χ1v) is 8.11. The maximum absolute atomic E-state index is 12.3. The first kappa shape index (κ1) is 16.9. The quantitative estimate of drug-likeness (QED) is 0.726. The van der Waals surface area contributed by atoms with Crippen LogP contribution < -0.4 is 5.32 Å². The Labute approximate surface area is 146 Å². The molecule has 1 aromatic carbocycles. The fourth-order valence-electron chi connectivity index (χ4n) is 2.69. The number of carbonyl (C=O) groups is 1. The van der Waals surface area contributed by atoms with E-state index in [-0.39, 0.29) is 5.91 Å². The Kier molecular flexibility index (Phi) is 5.20. The van der Waals surface area contributed by atoms with Crippen LogP contribution in [0.2, 0.25) is 0 Å². The summed E-state index contributed by atoms with van der Waals surface area (Å²) >= 11 is 0. The lowest BCUT2D eigenvalue weighted by Gasteiger charge is -2.16. The molecule has 128 valence electrons. The lowest BCUT2D eigenvalue weighted by molar-refractivity contribution is -0.117. The summed E-state index contributed by atoms with van der Waals surface area (Å²) in [4.78, 5) is 18.3. The van der Waals surface area contributed by atoms with E-state index in [1.807, 2.05) is 61.3 Å². The first-order valence-electron chi connectivity index (χ1n) is 8.11. The molecule has 0 saturated heterocycles. The molecule has 0 aliphatic heterocycles. The molecule has 6 nitrogen and oxygen atoms in total. The lowest BCUT2D eigenvalue weighted by atomic mass is 10.1. The lowest BCUT2D eigenvalue weighted by Crippen LogP contribution is -2.30. The van der Waals surface area contributed by atoms with Crippen LogP contribution in [0, 0.1) is 6.92 Å². The smallest absolute Gasteiger partial charge is 0.239 e. The van der Waals surface area contributed by atoms with Crippen LogP contribution in [0.25, 0.3) is 11.3 Å². The molecule has 1 amide bonds. The van der Waals surface area contributed by atoms with E-state index in [1.165, 1.54) is 5.56 Å². The molecule has 25 heavy (non-hydrogen) atoms. The predicted octanol–water partition coefficient (Wildman–Crippen LogP) is 2.85. The van der Waals surface area contributed by atoms with Crippen molar-refractivity contribution in [3.63, 3.8) is 0 Å². The Bertz CT molecular complexity index is 830. The Morgan fingerprint density at radius 3 is 2.60 bits per heavy atom. The molecule has 0 aliphatic rings. The molecule has 0 unspecified atom stereocenters. The van der Waals surface area contributed by atoms with Crippen molar-refractivity contribution in [3.05, 3.63) is 66.0 Å². The molecule has 3 rings (SSSR count). The standard InChI is InChI=1S/C19H21N5O/c1-14-18(16-8-10-20-11-9-16)22-23-19(14)21-17(25)13-24(2)12-15-6-4-3-5-7-15/h3-11H,12-13H2,1-2H3,(H2,21,22,23,25). The van der Waals surface area contributed by atoms with E-state index < -0.39 is 0 Å². The van der Waals surface area contributed by atoms with Crippen molar-refractivity contribution in [2.24, 2.45) is 0 Å². The average Bonchev–Trinajstić information content (AvgIpc) is 2.97. The zero-order valence-corrected chi connectivity index (χ0v) is 14.4. The van der Waals surface area contributed by atoms with Crippen LogP contribution in [0.1, 0.15) is 11.1 Å². The number of nitrogens with zero attached hydrogens (tertiary/aromatic N) is 3. The molecule has 2 N–H and O–H groups in total. The fourth-order valence-corrected chi connectivity index (χ4v) is 2.69. The summed E-state index contributed by atoms with van der Waals surface area (Å²) in [5, 5.41) is 10.1. The molecular weight excluding hydrogens is 314 g/mol. The fraction of sp³-hybridized carbons (Fsp3) is 0.211. The van der Waals surface area contributed by atoms with Gasteiger partial charge < -0.3 is 5.32 Å². The van der Waals surface area contributed by atoms with E-state index >= 15 is 0 Å². The van der Waals surface area contributed by atoms with E-state index in [2.05, 4.69) is 20.5 Å². The summed E-state index contributed by atoms with van der Waals surface area (Å²) in [5.74, 6) is 0.472. The van der Waals surface area contributed by atoms with Crippen molar-refractivity contribution in [2.75, 3.05) is 18.9 Å². The maximum atomic E-state index is 12.3. The molecule has 6 heteroatoms. The molecule has 0 spiro atoms. The third-order valence-corrected chi connectivity index (χ3v) is 3.95. The highest BCUT2D eigenvalue weighted by Gasteiger charge is 2.14. The van der Waals surface area contributed by atoms with Crippen molar-refractivity contribution in [1.82, 2.24) is 20.1 Å². The van der Waals surface area contributed by atoms with Gasteiger partial charge in [-0.05, 0) is 31.7 Å². The van der Waals surface area contributed by atoms with Crippen molar-refractivity contribution < 1.29 is 4.79 Å². The molecule has 2 heterocycles. The van der Waals surface area contributed by atoms with Crippen LogP contribution in [0.5, 0.6) is 0 Å². The Morgan fingerprint density at radius 2 is 1.88 bits per heavy atom. The van der Waals surface area contributed by atoms with Crippen LogP contribution in [-0.4, -0.2) is 39.6 Å². The zero-order valence-electron chi connectivity index (χ0n) is 14.4. The summed E-state index contributed by atoms with van der Waals surface area (Å²) < 4.78 is 0. The van der Waals surface area contributed by atoms with Gasteiger partial charge in [-0.15, -0.1) is 0 Å². The summed E-state index contributed by atoms with van der Waals surface area (Å²) in [6, 6.07) is 13.9. The van der Waals surface area contributed by atoms with Crippen LogP contribution in [0.4, 0.5) is 5.82 Å². The molecule has 2 aromatic heterocycles. The minimum Gasteiger partial charge on any atom is -0.308 e. The number of anilines is 1. The highest BCUT2D eigenvalue weighted by atomic mass is 16.2. The number of hydrogen-bond acceptors (Lipinski definition) is 4. The third kappa shape index (κ3) is 4.30. The van der Waals surface area contributed by atoms with Gasteiger partial charge in [0.1, 0.15) is 0 Å². The SMILES string of the molecule is Cc1c(NC(=O)CN(C)Cc2ccccc2)n[nH]c1-c1ccncc1. The van der Waals surface area contributed by atoms with Gasteiger partial charge >= 0.3 is 0 Å². The largest absolute Gasteiger partial charge is 0.308 e. The normalized spacial score (nSPS) is 10.8. The van der Waals surface area contributed by atoms with Gasteiger partial charge in [0.15, 0.2) is 5.82 Å². The summed E-state index contributed by atoms with van der Waals surface area (Å²) in [7, 11) is 1.92. The summed E-state index contributed by atoms with van der Waals surface area (Å²) in [5.41, 5.74) is 3.95. The van der Waals surface area contributed by atoms with Crippen molar-refractivity contribution in [2.45, 2.75) is 13.5 Å². The van der Waals surface area contributed by atoms with Crippen LogP contribution >= 0.6 is 0 Å². The minimum absolute atomic E-state index is 0.0886. The number of rotatable bonds is 6. The number of pyridine rings is 1. The zero-order chi connectivity index (χ0) is 17.6. The third-order valence-electron chi connectivity index (χ3n) is 3.95. The number of amides is 1. The Balaban J connectivity index is 1.61. The summed E-state index contributed by atoms with van der Waals surface area (Å²) in [6.45, 7) is 2.95. The second-order valence-electron chi connectivity index (χ2n) is 6.01. The number of carbonyl (C=O) groups excluding carboxylic acids is 1. The molecular formula is C19H21N5O. The molecule has 0 bridgehead atoms. The maximum Gasteiger partial charge on any atom is 0.239 e. The molecule has 0 saturated carbocycles. The van der Waals surface area contributed by atoms with Crippen molar-refractivity contribution in [1.29, 1.82) is 0 Å². The van der Waals surface area contributed by atoms with E-state index in [0.29, 0.717) is 12.4 Å². The summed E-state index contributed by atoms with van der Waals surface area (Å²) in [6.07, 6.45) is 3.46. The first-order chi connectivity index (χ1) is 12.1. The van der Waals surface area contributed by atoms with E-state index in [1.54, 1.807) is 12.4 Å². The van der Waals surface area contributed by atoms with E-state index in [4.69, 9.17) is 0 Å². The van der Waals surface area contributed by atoms with Gasteiger partial charge in [-0.25, -0.2) is 0 Å². The highest BCUT2D eigenvalue weighted by Crippen LogP contribution is 2.25. The van der Waals surface area contributed by atoms with E-state index in [0.717, 1.165) is 23.4 Å². The van der Waals surface area contributed by atoms with Crippen LogP contribution in [0.3, 0.4) is 0 Å². The number of H-pyrrole nitrogens is 1. The molecule has 0 fully saturated rings. The second kappa shape index (κ2) is 7.72. The van der Waals surface area contributed by atoms with E-state index in [9.17, 15) is 4.79 Å². The Morgan fingerprint density at radius 1 is 1.16 bits per heavy atom. The molecule has 0 aliphatic carbocycles. The number of likely N-dealkylation sites (N-methyl/N-ethyl adjacent to an activating group) is 1. The van der Waals surface area contributed by atoms with Crippen molar-refractivity contribution >= 4 is 11.7 Å². The van der Waals surface area contributed by atoms with Gasteiger partial charge in [0.25, 0.3) is 0 Å². The van der Waals surface area contributed by atoms with Crippen molar-refractivity contribution in [3.8, 4) is 11.3 Å². The molecule has 0 atom stereocenters. The van der Waals surface area contributed by atoms with Gasteiger partial charge in [0, 0.05) is 30.1 Å². The number of hydrogen-bond donors (Lipinski definition) is 2. The van der Waals surface area contributed by atoms with Gasteiger partial charge in [0.2, 0.25) is 5.91 Å². The second-order valence-corrected chi connectivity index (χ2v) is 6.01. The van der Waals surface area contributed by atoms with Crippen LogP contribution in [-0.2, 0) is 11.3 Å². The van der Waals surface area contributed by atoms with Gasteiger partial charge in [0.05, 0.1) is 12.2 Å². The predicted molar refractivity (Wildman–Crippen MR) is 98.0 cm³/mol. The monoisotopic (exact) mass is 335 g/mol. The topological polar surface area (TPSA) is 73.9 Å². The number of aromatic nitrogens is 3. The Hall–Kier alpha value is -2.99. The number of benzene rings is 1. The van der Waals surface area contributed by atoms with Gasteiger partial charge in [-0.1, -0.05) is 30.3 Å². The number of nitrogens with one attached hydrogen (secondary N) is 2. The molecule has 0 radical (unpaired) electrons. The van der Waals surface area contributed by atoms with Crippen LogP contribution in [0.15, 0.2) is 54.9 Å².